The highest BCUT2D eigenvalue weighted by Crippen LogP contribution is 2.41. The summed E-state index contributed by atoms with van der Waals surface area (Å²) in [5.74, 6) is -1.96. The molecule has 340 valence electrons. The third-order valence-corrected chi connectivity index (χ3v) is 14.5. The number of piperidine rings is 1. The molecule has 3 fully saturated rings. The van der Waals surface area contributed by atoms with Crippen LogP contribution in [0.1, 0.15) is 119 Å². The zero-order valence-corrected chi connectivity index (χ0v) is 39.4. The summed E-state index contributed by atoms with van der Waals surface area (Å²) in [5, 5.41) is 0. The molecular weight excluding hydrogens is 783 g/mol. The Balaban J connectivity index is 1.76. The molecule has 1 amide bonds. The van der Waals surface area contributed by atoms with Gasteiger partial charge in [0, 0.05) is 46.1 Å². The molecule has 2 saturated heterocycles. The molecule has 1 saturated carbocycles. The molecule has 1 aliphatic carbocycles. The number of ketones is 2. The Labute approximate surface area is 365 Å². The maximum absolute atomic E-state index is 14.6. The van der Waals surface area contributed by atoms with E-state index in [2.05, 4.69) is 39.5 Å². The molecule has 3 aliphatic heterocycles. The number of methoxy groups -OCH3 is 3. The molecular formula is C48H77NO10S. The Bertz CT molecular complexity index is 1530. The fourth-order valence-electron chi connectivity index (χ4n) is 10.2. The molecule has 12 heteroatoms. The molecule has 1 unspecified atom stereocenters. The van der Waals surface area contributed by atoms with E-state index in [-0.39, 0.29) is 66.1 Å². The number of hydrogen-bond acceptors (Lipinski definition) is 11. The fraction of sp³-hybridized carbons (Fsp3) is 0.792. The lowest BCUT2D eigenvalue weighted by atomic mass is 9.76. The largest absolute Gasteiger partial charge is 0.456 e. The van der Waals surface area contributed by atoms with Crippen molar-refractivity contribution in [3.63, 3.8) is 0 Å². The number of Topliss-reactive ketones (excluding diaryl/α,β-unsaturated/α-hetero) is 2. The number of carbonyl (C=O) groups is 4. The van der Waals surface area contributed by atoms with Gasteiger partial charge in [0.1, 0.15) is 29.6 Å². The van der Waals surface area contributed by atoms with Gasteiger partial charge in [-0.25, -0.2) is 4.79 Å². The number of ether oxygens (including phenoxy) is 6. The van der Waals surface area contributed by atoms with Crippen LogP contribution in [0.3, 0.4) is 0 Å². The lowest BCUT2D eigenvalue weighted by Gasteiger charge is -2.48. The highest BCUT2D eigenvalue weighted by atomic mass is 32.2. The van der Waals surface area contributed by atoms with E-state index in [4.69, 9.17) is 28.4 Å². The average molecular weight is 860 g/mol. The van der Waals surface area contributed by atoms with Crippen molar-refractivity contribution in [3.8, 4) is 0 Å². The van der Waals surface area contributed by atoms with E-state index in [1.807, 2.05) is 27.0 Å². The van der Waals surface area contributed by atoms with Gasteiger partial charge in [0.25, 0.3) is 11.7 Å². The standard InChI is InChI=1S/C48H77NO10S/c1-13-16-36-22-29(2)21-30(3)23-41(55-10)44-42(56-11)26-33(6)48(8,59-44)45(51)46(52)49-20-15-14-17-37(49)47(53)58-43(34(7)31(4)25-38(36)50)32(5)24-35-18-19-39(57-28-60-12)40(27-35)54-9/h13,22,24,30-31,33-37,39-44H,1,14-21,23,25-28H2,2-12H3/b29-22+,32-24+/t30-,31-,33+,34+,35?,36+,37-,39+,40+,41-,42-,43+,44+,48+/m0/s1. The first-order valence-electron chi connectivity index (χ1n) is 22.4. The normalized spacial score (nSPS) is 39.5. The van der Waals surface area contributed by atoms with Gasteiger partial charge in [-0.3, -0.25) is 14.4 Å². The summed E-state index contributed by atoms with van der Waals surface area (Å²) in [5.41, 5.74) is 0.527. The van der Waals surface area contributed by atoms with Gasteiger partial charge in [-0.1, -0.05) is 51.5 Å². The maximum atomic E-state index is 14.6. The second kappa shape index (κ2) is 23.4. The molecule has 0 aromatic carbocycles. The Morgan fingerprint density at radius 2 is 1.62 bits per heavy atom. The summed E-state index contributed by atoms with van der Waals surface area (Å²) in [6.07, 6.45) is 12.9. The van der Waals surface area contributed by atoms with Gasteiger partial charge in [0.05, 0.1) is 30.4 Å². The van der Waals surface area contributed by atoms with Gasteiger partial charge >= 0.3 is 5.97 Å². The van der Waals surface area contributed by atoms with Crippen molar-refractivity contribution in [2.24, 2.45) is 35.5 Å². The molecule has 0 aromatic rings. The number of fused-ring (bicyclic) bond motifs is 3. The quantitative estimate of drug-likeness (QED) is 0.0911. The number of esters is 1. The SMILES string of the molecule is C=CC[C@@H]1/C=C(\C)C[C@H](C)C[C@H](OC)[C@H]2O[C@@](C)(C(=O)C(=O)N3CCCC[C@H]3C(=O)O[C@H](/C(C)=C/C3CC[C@@H](OCSC)[C@H](OC)C3)[C@H](C)[C@@H](C)CC1=O)[C@H](C)C[C@@H]2OC. The summed E-state index contributed by atoms with van der Waals surface area (Å²) in [6.45, 7) is 18.2. The smallest absolute Gasteiger partial charge is 0.329 e. The Morgan fingerprint density at radius 3 is 2.27 bits per heavy atom. The van der Waals surface area contributed by atoms with Crippen LogP contribution in [0.2, 0.25) is 0 Å². The van der Waals surface area contributed by atoms with Crippen LogP contribution in [0, 0.1) is 35.5 Å². The Morgan fingerprint density at radius 1 is 0.933 bits per heavy atom. The summed E-state index contributed by atoms with van der Waals surface area (Å²) in [6, 6.07) is -0.937. The van der Waals surface area contributed by atoms with Crippen molar-refractivity contribution in [1.29, 1.82) is 0 Å². The van der Waals surface area contributed by atoms with Crippen LogP contribution in [-0.2, 0) is 47.6 Å². The van der Waals surface area contributed by atoms with Gasteiger partial charge in [0.15, 0.2) is 0 Å². The van der Waals surface area contributed by atoms with E-state index >= 15 is 0 Å². The molecule has 4 aliphatic rings. The first-order valence-corrected chi connectivity index (χ1v) is 23.8. The van der Waals surface area contributed by atoms with E-state index in [1.165, 1.54) is 4.90 Å². The predicted molar refractivity (Wildman–Crippen MR) is 236 cm³/mol. The van der Waals surface area contributed by atoms with Gasteiger partial charge in [-0.05, 0) is 120 Å². The number of amides is 1. The second-order valence-corrected chi connectivity index (χ2v) is 19.4. The zero-order chi connectivity index (χ0) is 44.3. The molecule has 0 N–H and O–H groups in total. The average Bonchev–Trinajstić information content (AvgIpc) is 3.23. The van der Waals surface area contributed by atoms with Crippen molar-refractivity contribution in [1.82, 2.24) is 4.90 Å². The number of rotatable bonds is 10. The molecule has 0 spiro atoms. The monoisotopic (exact) mass is 860 g/mol. The zero-order valence-electron chi connectivity index (χ0n) is 38.6. The summed E-state index contributed by atoms with van der Waals surface area (Å²) < 4.78 is 37.3. The van der Waals surface area contributed by atoms with Crippen molar-refractivity contribution >= 4 is 35.2 Å². The molecule has 0 radical (unpaired) electrons. The van der Waals surface area contributed by atoms with Gasteiger partial charge in [0.2, 0.25) is 0 Å². The topological polar surface area (TPSA) is 127 Å². The van der Waals surface area contributed by atoms with E-state index in [0.29, 0.717) is 50.9 Å². The van der Waals surface area contributed by atoms with Crippen molar-refractivity contribution < 1.29 is 47.6 Å². The van der Waals surface area contributed by atoms with Crippen molar-refractivity contribution in [2.45, 2.75) is 167 Å². The van der Waals surface area contributed by atoms with Gasteiger partial charge in [-0.15, -0.1) is 18.3 Å². The highest BCUT2D eigenvalue weighted by molar-refractivity contribution is 7.98. The minimum Gasteiger partial charge on any atom is -0.456 e. The number of carbonyl (C=O) groups excluding carboxylic acids is 4. The maximum Gasteiger partial charge on any atom is 0.329 e. The number of thioether (sulfide) groups is 1. The number of cyclic esters (lactones) is 1. The summed E-state index contributed by atoms with van der Waals surface area (Å²) in [4.78, 5) is 59.2. The van der Waals surface area contributed by atoms with E-state index < -0.39 is 47.6 Å². The fourth-order valence-corrected chi connectivity index (χ4v) is 10.5. The lowest BCUT2D eigenvalue weighted by molar-refractivity contribution is -0.229. The van der Waals surface area contributed by atoms with Crippen LogP contribution in [0.5, 0.6) is 0 Å². The number of nitrogens with zero attached hydrogens (tertiary/aromatic N) is 1. The Hall–Kier alpha value is -2.35. The molecule has 11 nitrogen and oxygen atoms in total. The molecule has 0 aromatic heterocycles. The lowest BCUT2D eigenvalue weighted by Crippen LogP contribution is -2.63. The van der Waals surface area contributed by atoms with Crippen molar-refractivity contribution in [3.05, 3.63) is 36.0 Å². The minimum atomic E-state index is -1.47. The van der Waals surface area contributed by atoms with Gasteiger partial charge in [-0.2, -0.15) is 0 Å². The van der Waals surface area contributed by atoms with Gasteiger partial charge < -0.3 is 33.3 Å². The molecule has 60 heavy (non-hydrogen) atoms. The molecule has 4 rings (SSSR count). The minimum absolute atomic E-state index is 0.0178. The first kappa shape index (κ1) is 50.3. The van der Waals surface area contributed by atoms with Crippen LogP contribution in [-0.4, -0.2) is 117 Å². The molecule has 14 atom stereocenters. The van der Waals surface area contributed by atoms with Crippen molar-refractivity contribution in [2.75, 3.05) is 40.1 Å². The highest BCUT2D eigenvalue weighted by Gasteiger charge is 2.54. The van der Waals surface area contributed by atoms with Crippen LogP contribution >= 0.6 is 11.8 Å². The Kier molecular flexibility index (Phi) is 19.6. The van der Waals surface area contributed by atoms with Crippen LogP contribution in [0.4, 0.5) is 0 Å². The van der Waals surface area contributed by atoms with Crippen LogP contribution < -0.4 is 0 Å². The van der Waals surface area contributed by atoms with E-state index in [0.717, 1.165) is 36.8 Å². The third kappa shape index (κ3) is 12.4. The predicted octanol–water partition coefficient (Wildman–Crippen LogP) is 8.33. The third-order valence-electron chi connectivity index (χ3n) is 14.1. The van der Waals surface area contributed by atoms with Crippen LogP contribution in [0.15, 0.2) is 36.0 Å². The summed E-state index contributed by atoms with van der Waals surface area (Å²) >= 11 is 1.65. The number of hydrogen-bond donors (Lipinski definition) is 0. The molecule has 3 heterocycles. The van der Waals surface area contributed by atoms with E-state index in [1.54, 1.807) is 46.1 Å². The van der Waals surface area contributed by atoms with E-state index in [9.17, 15) is 19.2 Å². The first-order chi connectivity index (χ1) is 28.5. The van der Waals surface area contributed by atoms with Crippen LogP contribution in [0.25, 0.3) is 0 Å². The second-order valence-electron chi connectivity index (χ2n) is 18.6. The summed E-state index contributed by atoms with van der Waals surface area (Å²) in [7, 11) is 5.00. The molecule has 2 bridgehead atoms. The number of allylic oxidation sites excluding steroid dienone is 4.